The van der Waals surface area contributed by atoms with Gasteiger partial charge in [-0.1, -0.05) is 31.2 Å². The van der Waals surface area contributed by atoms with Crippen LogP contribution in [0.25, 0.3) is 0 Å². The van der Waals surface area contributed by atoms with E-state index < -0.39 is 59.0 Å². The number of methoxy groups -OCH3 is 2. The Balaban J connectivity index is 1.83. The molecule has 236 valence electrons. The van der Waals surface area contributed by atoms with Gasteiger partial charge in [-0.25, -0.2) is 4.39 Å². The molecule has 10 heteroatoms. The monoisotopic (exact) mass is 615 g/mol. The van der Waals surface area contributed by atoms with Crippen molar-refractivity contribution < 1.29 is 41.4 Å². The number of carbonyl (C=O) groups excluding carboxylic acids is 2. The first-order valence-electron chi connectivity index (χ1n) is 14.5. The zero-order valence-electron chi connectivity index (χ0n) is 25.5. The molecule has 0 heterocycles. The van der Waals surface area contributed by atoms with Gasteiger partial charge in [-0.05, 0) is 79.1 Å². The van der Waals surface area contributed by atoms with E-state index in [2.05, 4.69) is 0 Å². The summed E-state index contributed by atoms with van der Waals surface area (Å²) in [6.45, 7) is 5.01. The van der Waals surface area contributed by atoms with Crippen LogP contribution in [-0.2, 0) is 33.6 Å². The van der Waals surface area contributed by atoms with Gasteiger partial charge in [0.2, 0.25) is 0 Å². The van der Waals surface area contributed by atoms with Crippen molar-refractivity contribution in [2.75, 3.05) is 25.7 Å². The van der Waals surface area contributed by atoms with Gasteiger partial charge >= 0.3 is 12.1 Å². The molecule has 0 amide bonds. The highest BCUT2D eigenvalue weighted by Gasteiger charge is 2.46. The minimum atomic E-state index is -4.86. The molecule has 0 saturated heterocycles. The molecule has 44 heavy (non-hydrogen) atoms. The molecule has 3 aromatic rings. The number of hydrogen-bond donors (Lipinski definition) is 0. The van der Waals surface area contributed by atoms with Crippen molar-refractivity contribution in [1.82, 2.24) is 0 Å². The Morgan fingerprint density at radius 1 is 0.955 bits per heavy atom. The van der Waals surface area contributed by atoms with Crippen molar-refractivity contribution in [2.24, 2.45) is 11.8 Å². The summed E-state index contributed by atoms with van der Waals surface area (Å²) in [4.78, 5) is 27.2. The normalized spacial score (nSPS) is 18.6. The Labute approximate surface area is 254 Å². The van der Waals surface area contributed by atoms with Crippen molar-refractivity contribution >= 4 is 17.4 Å². The van der Waals surface area contributed by atoms with Crippen LogP contribution in [0, 0.1) is 24.6 Å². The van der Waals surface area contributed by atoms with Gasteiger partial charge in [-0.3, -0.25) is 9.59 Å². The Hall–Kier alpha value is -4.08. The van der Waals surface area contributed by atoms with Gasteiger partial charge < -0.3 is 19.1 Å². The van der Waals surface area contributed by atoms with Gasteiger partial charge in [0, 0.05) is 25.1 Å². The van der Waals surface area contributed by atoms with Crippen molar-refractivity contribution in [1.29, 1.82) is 0 Å². The average molecular weight is 616 g/mol. The highest BCUT2D eigenvalue weighted by Crippen LogP contribution is 2.48. The summed E-state index contributed by atoms with van der Waals surface area (Å²) in [5.74, 6) is -3.76. The number of Topliss-reactive ketones (excluding diaryl/α,β-unsaturated/α-hetero) is 1. The van der Waals surface area contributed by atoms with Crippen LogP contribution >= 0.6 is 0 Å². The van der Waals surface area contributed by atoms with E-state index in [-0.39, 0.29) is 37.4 Å². The predicted octanol–water partition coefficient (Wildman–Crippen LogP) is 7.64. The number of nitrogens with zero attached hydrogens (tertiary/aromatic N) is 1. The van der Waals surface area contributed by atoms with E-state index >= 15 is 4.39 Å². The van der Waals surface area contributed by atoms with Crippen molar-refractivity contribution in [3.8, 4) is 11.5 Å². The standard InChI is InChI=1S/C34H37F4NO5/c1-6-44-33(41)27-15-20(2)26(17-29(27)40)30-31(34(36,37)38)21(3)16-28(32(30)35)39(18-22-7-11-24(42-4)12-8-22)19-23-9-13-25(43-5)14-10-23/h7-14,16,20,26-27H,6,15,17-19H2,1-5H3. The average Bonchev–Trinajstić information content (AvgIpc) is 2.99. The Bertz CT molecular complexity index is 1420. The van der Waals surface area contributed by atoms with E-state index in [1.807, 2.05) is 24.3 Å². The highest BCUT2D eigenvalue weighted by molar-refractivity contribution is 6.00. The van der Waals surface area contributed by atoms with Crippen LogP contribution in [0.1, 0.15) is 60.4 Å². The van der Waals surface area contributed by atoms with Crippen LogP contribution < -0.4 is 14.4 Å². The smallest absolute Gasteiger partial charge is 0.417 e. The lowest BCUT2D eigenvalue weighted by atomic mass is 9.69. The number of hydrogen-bond acceptors (Lipinski definition) is 6. The van der Waals surface area contributed by atoms with Crippen molar-refractivity contribution in [2.45, 2.75) is 58.8 Å². The number of rotatable bonds is 10. The summed E-state index contributed by atoms with van der Waals surface area (Å²) >= 11 is 0. The molecule has 3 atom stereocenters. The largest absolute Gasteiger partial charge is 0.497 e. The molecule has 0 aromatic heterocycles. The molecule has 3 aromatic carbocycles. The van der Waals surface area contributed by atoms with Crippen LogP contribution in [0.5, 0.6) is 11.5 Å². The molecule has 1 aliphatic rings. The lowest BCUT2D eigenvalue weighted by molar-refractivity contribution is -0.154. The number of benzene rings is 3. The van der Waals surface area contributed by atoms with Crippen LogP contribution in [0.15, 0.2) is 54.6 Å². The maximum atomic E-state index is 16.8. The second kappa shape index (κ2) is 13.7. The van der Waals surface area contributed by atoms with Gasteiger partial charge in [0.25, 0.3) is 0 Å². The third-order valence-corrected chi connectivity index (χ3v) is 8.21. The SMILES string of the molecule is CCOC(=O)C1CC(C)C(c2c(F)c(N(Cc3ccc(OC)cc3)Cc3ccc(OC)cc3)cc(C)c2C(F)(F)F)CC1=O. The summed E-state index contributed by atoms with van der Waals surface area (Å²) in [5, 5.41) is 0. The minimum absolute atomic E-state index is 0.00991. The zero-order chi connectivity index (χ0) is 32.2. The molecule has 4 rings (SSSR count). The fraction of sp³-hybridized carbons (Fsp3) is 0.412. The van der Waals surface area contributed by atoms with Gasteiger partial charge in [0.15, 0.2) is 5.82 Å². The topological polar surface area (TPSA) is 65.1 Å². The van der Waals surface area contributed by atoms with Crippen LogP contribution in [0.4, 0.5) is 23.2 Å². The van der Waals surface area contributed by atoms with Gasteiger partial charge in [0.05, 0.1) is 32.1 Å². The number of carbonyl (C=O) groups is 2. The van der Waals surface area contributed by atoms with E-state index in [0.717, 1.165) is 11.1 Å². The first-order chi connectivity index (χ1) is 20.9. The first-order valence-corrected chi connectivity index (χ1v) is 14.5. The van der Waals surface area contributed by atoms with E-state index in [4.69, 9.17) is 14.2 Å². The second-order valence-electron chi connectivity index (χ2n) is 11.2. The third kappa shape index (κ3) is 7.17. The van der Waals surface area contributed by atoms with Gasteiger partial charge in [0.1, 0.15) is 23.2 Å². The second-order valence-corrected chi connectivity index (χ2v) is 11.2. The molecule has 0 radical (unpaired) electrons. The Kier molecular flexibility index (Phi) is 10.2. The number of halogens is 4. The molecule has 1 saturated carbocycles. The number of ether oxygens (including phenoxy) is 3. The molecular weight excluding hydrogens is 578 g/mol. The molecule has 3 unspecified atom stereocenters. The summed E-state index contributed by atoms with van der Waals surface area (Å²) in [6.07, 6.45) is -5.29. The number of aryl methyl sites for hydroxylation is 1. The molecule has 0 spiro atoms. The zero-order valence-corrected chi connectivity index (χ0v) is 25.5. The van der Waals surface area contributed by atoms with E-state index in [1.165, 1.54) is 13.0 Å². The van der Waals surface area contributed by atoms with Crippen molar-refractivity contribution in [3.05, 3.63) is 88.2 Å². The summed E-state index contributed by atoms with van der Waals surface area (Å²) < 4.78 is 76.1. The number of anilines is 1. The molecule has 0 bridgehead atoms. The third-order valence-electron chi connectivity index (χ3n) is 8.21. The van der Waals surface area contributed by atoms with E-state index in [0.29, 0.717) is 11.5 Å². The van der Waals surface area contributed by atoms with E-state index in [1.54, 1.807) is 57.2 Å². The Morgan fingerprint density at radius 2 is 1.48 bits per heavy atom. The number of alkyl halides is 3. The predicted molar refractivity (Wildman–Crippen MR) is 158 cm³/mol. The minimum Gasteiger partial charge on any atom is -0.497 e. The summed E-state index contributed by atoms with van der Waals surface area (Å²) in [5.41, 5.74) is -0.195. The fourth-order valence-electron chi connectivity index (χ4n) is 5.97. The maximum Gasteiger partial charge on any atom is 0.417 e. The lowest BCUT2D eigenvalue weighted by Gasteiger charge is -2.36. The van der Waals surface area contributed by atoms with Gasteiger partial charge in [-0.2, -0.15) is 13.2 Å². The summed E-state index contributed by atoms with van der Waals surface area (Å²) in [7, 11) is 3.08. The van der Waals surface area contributed by atoms with Crippen LogP contribution in [0.3, 0.4) is 0 Å². The Morgan fingerprint density at radius 3 is 1.93 bits per heavy atom. The molecule has 1 fully saturated rings. The van der Waals surface area contributed by atoms with Crippen LogP contribution in [0.2, 0.25) is 0 Å². The molecule has 0 aliphatic heterocycles. The fourth-order valence-corrected chi connectivity index (χ4v) is 5.97. The van der Waals surface area contributed by atoms with Crippen molar-refractivity contribution in [3.63, 3.8) is 0 Å². The van der Waals surface area contributed by atoms with Gasteiger partial charge in [-0.15, -0.1) is 0 Å². The number of esters is 1. The first kappa shape index (κ1) is 32.8. The number of ketones is 1. The molecule has 6 nitrogen and oxygen atoms in total. The quantitative estimate of drug-likeness (QED) is 0.133. The summed E-state index contributed by atoms with van der Waals surface area (Å²) in [6, 6.07) is 15.5. The molecular formula is C34H37F4NO5. The lowest BCUT2D eigenvalue weighted by Crippen LogP contribution is -2.37. The molecule has 0 N–H and O–H groups in total. The molecule has 1 aliphatic carbocycles. The maximum absolute atomic E-state index is 16.8. The van der Waals surface area contributed by atoms with Crippen LogP contribution in [-0.4, -0.2) is 32.6 Å². The highest BCUT2D eigenvalue weighted by atomic mass is 19.4. The van der Waals surface area contributed by atoms with E-state index in [9.17, 15) is 22.8 Å².